The number of carboxylic acids is 1. The van der Waals surface area contributed by atoms with E-state index in [1.165, 1.54) is 18.9 Å². The van der Waals surface area contributed by atoms with E-state index in [9.17, 15) is 24.6 Å². The summed E-state index contributed by atoms with van der Waals surface area (Å²) in [6.07, 6.45) is -1.26. The van der Waals surface area contributed by atoms with Crippen molar-refractivity contribution in [2.24, 2.45) is 5.92 Å². The second-order valence-electron chi connectivity index (χ2n) is 11.4. The monoisotopic (exact) mass is 670 g/mol. The molecule has 0 saturated carbocycles. The maximum atomic E-state index is 13.0. The van der Waals surface area contributed by atoms with E-state index >= 15 is 0 Å². The number of aliphatic hydroxyl groups is 1. The topological polar surface area (TPSA) is 143 Å². The van der Waals surface area contributed by atoms with Gasteiger partial charge in [-0.15, -0.1) is 11.8 Å². The number of carbonyl (C=O) groups is 3. The second-order valence-corrected chi connectivity index (χ2v) is 12.5. The third-order valence-electron chi connectivity index (χ3n) is 8.13. The van der Waals surface area contributed by atoms with Gasteiger partial charge in [-0.3, -0.25) is 0 Å². The van der Waals surface area contributed by atoms with Crippen molar-refractivity contribution in [3.8, 4) is 0 Å². The molecule has 250 valence electrons. The number of amides is 2. The molecule has 1 aliphatic heterocycles. The van der Waals surface area contributed by atoms with E-state index in [2.05, 4.69) is 10.6 Å². The SMILES string of the molecule is COC(=O)C(Cc1ccccc1)NC(=O)Nc1cccc(C2OC(CSc3ccccc3C(=O)O)C(C)C(c3ccc(CO)cc3)O2)c1. The van der Waals surface area contributed by atoms with Gasteiger partial charge in [-0.05, 0) is 41.0 Å². The summed E-state index contributed by atoms with van der Waals surface area (Å²) in [5, 5.41) is 24.7. The standard InChI is InChI=1S/C37H38N2O8S/c1-23-31(22-48-32-14-7-6-13-29(32)34(41)42)46-36(47-33(23)26-17-15-25(21-40)16-18-26)27-11-8-12-28(20-27)38-37(44)39-30(35(43)45-2)19-24-9-4-3-5-10-24/h3-18,20,23,30-31,33,36,40H,19,21-22H2,1-2H3,(H,41,42)(H2,38,39,44). The van der Waals surface area contributed by atoms with Crippen molar-refractivity contribution in [1.29, 1.82) is 0 Å². The number of ether oxygens (including phenoxy) is 3. The van der Waals surface area contributed by atoms with Crippen LogP contribution in [0.15, 0.2) is 108 Å². The third-order valence-corrected chi connectivity index (χ3v) is 9.30. The highest BCUT2D eigenvalue weighted by Crippen LogP contribution is 2.43. The first-order chi connectivity index (χ1) is 23.2. The van der Waals surface area contributed by atoms with Crippen molar-refractivity contribution < 1.29 is 38.8 Å². The largest absolute Gasteiger partial charge is 0.478 e. The molecular formula is C37H38N2O8S. The molecule has 0 radical (unpaired) electrons. The van der Waals surface area contributed by atoms with E-state index in [0.717, 1.165) is 16.7 Å². The highest BCUT2D eigenvalue weighted by atomic mass is 32.2. The molecule has 1 saturated heterocycles. The van der Waals surface area contributed by atoms with Crippen LogP contribution < -0.4 is 10.6 Å². The molecule has 0 bridgehead atoms. The number of aromatic carboxylic acids is 1. The fourth-order valence-electron chi connectivity index (χ4n) is 5.52. The molecule has 5 rings (SSSR count). The first kappa shape index (κ1) is 34.6. The lowest BCUT2D eigenvalue weighted by Crippen LogP contribution is -2.45. The third kappa shape index (κ3) is 8.81. The quantitative estimate of drug-likeness (QED) is 0.0999. The number of methoxy groups -OCH3 is 1. The Kier molecular flexibility index (Phi) is 11.9. The molecule has 11 heteroatoms. The van der Waals surface area contributed by atoms with E-state index in [4.69, 9.17) is 14.2 Å². The van der Waals surface area contributed by atoms with E-state index in [0.29, 0.717) is 21.9 Å². The maximum absolute atomic E-state index is 13.0. The number of hydrogen-bond donors (Lipinski definition) is 4. The van der Waals surface area contributed by atoms with Crippen LogP contribution in [0.1, 0.15) is 51.9 Å². The van der Waals surface area contributed by atoms with Gasteiger partial charge in [0.2, 0.25) is 0 Å². The lowest BCUT2D eigenvalue weighted by Gasteiger charge is -2.41. The number of nitrogens with one attached hydrogen (secondary N) is 2. The molecule has 0 spiro atoms. The van der Waals surface area contributed by atoms with E-state index in [1.54, 1.807) is 42.5 Å². The Bertz CT molecular complexity index is 1700. The molecule has 4 aromatic carbocycles. The number of carbonyl (C=O) groups excluding carboxylic acids is 2. The minimum atomic E-state index is -0.995. The van der Waals surface area contributed by atoms with Gasteiger partial charge in [0.1, 0.15) is 6.04 Å². The van der Waals surface area contributed by atoms with E-state index in [-0.39, 0.29) is 36.7 Å². The molecule has 48 heavy (non-hydrogen) atoms. The van der Waals surface area contributed by atoms with Gasteiger partial charge < -0.3 is 35.1 Å². The van der Waals surface area contributed by atoms with Gasteiger partial charge in [-0.25, -0.2) is 14.4 Å². The summed E-state index contributed by atoms with van der Waals surface area (Å²) in [6, 6.07) is 29.4. The zero-order valence-corrected chi connectivity index (χ0v) is 27.4. The highest BCUT2D eigenvalue weighted by Gasteiger charge is 2.38. The molecule has 2 amide bonds. The summed E-state index contributed by atoms with van der Waals surface area (Å²) in [4.78, 5) is 38.0. The Morgan fingerprint density at radius 2 is 1.60 bits per heavy atom. The lowest BCUT2D eigenvalue weighted by molar-refractivity contribution is -0.268. The molecule has 1 fully saturated rings. The summed E-state index contributed by atoms with van der Waals surface area (Å²) in [7, 11) is 1.28. The second kappa shape index (κ2) is 16.4. The molecule has 1 aliphatic rings. The molecule has 10 nitrogen and oxygen atoms in total. The van der Waals surface area contributed by atoms with Crippen molar-refractivity contribution in [1.82, 2.24) is 5.32 Å². The van der Waals surface area contributed by atoms with Crippen LogP contribution in [0.3, 0.4) is 0 Å². The molecule has 0 aromatic heterocycles. The van der Waals surface area contributed by atoms with Crippen LogP contribution in [0.25, 0.3) is 0 Å². The van der Waals surface area contributed by atoms with Crippen LogP contribution in [0.2, 0.25) is 0 Å². The van der Waals surface area contributed by atoms with E-state index in [1.807, 2.05) is 67.6 Å². The predicted molar refractivity (Wildman–Crippen MR) is 182 cm³/mol. The number of thioether (sulfide) groups is 1. The Morgan fingerprint density at radius 3 is 2.31 bits per heavy atom. The smallest absolute Gasteiger partial charge is 0.336 e. The molecule has 5 unspecified atom stereocenters. The molecule has 4 aromatic rings. The van der Waals surface area contributed by atoms with Gasteiger partial charge in [-0.2, -0.15) is 0 Å². The van der Waals surface area contributed by atoms with Crippen LogP contribution in [-0.2, 0) is 32.0 Å². The zero-order chi connectivity index (χ0) is 34.0. The fourth-order valence-corrected chi connectivity index (χ4v) is 6.74. The van der Waals surface area contributed by atoms with Crippen molar-refractivity contribution in [3.05, 3.63) is 131 Å². The van der Waals surface area contributed by atoms with Gasteiger partial charge in [0, 0.05) is 34.2 Å². The summed E-state index contributed by atoms with van der Waals surface area (Å²) < 4.78 is 18.0. The number of aliphatic hydroxyl groups excluding tert-OH is 1. The van der Waals surface area contributed by atoms with Crippen LogP contribution >= 0.6 is 11.8 Å². The Hall–Kier alpha value is -4.68. The lowest BCUT2D eigenvalue weighted by atomic mass is 9.91. The Morgan fingerprint density at radius 1 is 0.875 bits per heavy atom. The summed E-state index contributed by atoms with van der Waals surface area (Å²) >= 11 is 1.41. The van der Waals surface area contributed by atoms with Gasteiger partial charge in [0.25, 0.3) is 0 Å². The van der Waals surface area contributed by atoms with E-state index < -0.39 is 30.3 Å². The molecule has 4 N–H and O–H groups in total. The van der Waals surface area contributed by atoms with Crippen molar-refractivity contribution in [3.63, 3.8) is 0 Å². The fraction of sp³-hybridized carbons (Fsp3) is 0.270. The Balaban J connectivity index is 1.34. The molecule has 0 aliphatic carbocycles. The van der Waals surface area contributed by atoms with Gasteiger partial charge in [0.05, 0.1) is 31.5 Å². The number of benzene rings is 4. The number of anilines is 1. The average Bonchev–Trinajstić information content (AvgIpc) is 3.11. The first-order valence-electron chi connectivity index (χ1n) is 15.5. The van der Waals surface area contributed by atoms with Crippen LogP contribution in [0.4, 0.5) is 10.5 Å². The zero-order valence-electron chi connectivity index (χ0n) is 26.6. The minimum Gasteiger partial charge on any atom is -0.478 e. The van der Waals surface area contributed by atoms with Gasteiger partial charge >= 0.3 is 18.0 Å². The predicted octanol–water partition coefficient (Wildman–Crippen LogP) is 6.37. The minimum absolute atomic E-state index is 0.0741. The summed E-state index contributed by atoms with van der Waals surface area (Å²) in [5.41, 5.74) is 3.91. The first-order valence-corrected chi connectivity index (χ1v) is 16.5. The molecule has 1 heterocycles. The normalized spacial score (nSPS) is 19.6. The molecular weight excluding hydrogens is 632 g/mol. The summed E-state index contributed by atoms with van der Waals surface area (Å²) in [5.74, 6) is -1.20. The number of esters is 1. The van der Waals surface area contributed by atoms with Crippen molar-refractivity contribution in [2.75, 3.05) is 18.2 Å². The van der Waals surface area contributed by atoms with Crippen LogP contribution in [0, 0.1) is 5.92 Å². The van der Waals surface area contributed by atoms with Crippen molar-refractivity contribution in [2.45, 2.75) is 49.4 Å². The number of carboxylic acid groups (broad SMARTS) is 1. The Labute approximate surface area is 283 Å². The highest BCUT2D eigenvalue weighted by molar-refractivity contribution is 7.99. The van der Waals surface area contributed by atoms with Crippen LogP contribution in [-0.4, -0.2) is 53.2 Å². The number of hydrogen-bond acceptors (Lipinski definition) is 8. The maximum Gasteiger partial charge on any atom is 0.336 e. The van der Waals surface area contributed by atoms with Crippen LogP contribution in [0.5, 0.6) is 0 Å². The van der Waals surface area contributed by atoms with Gasteiger partial charge in [0.15, 0.2) is 6.29 Å². The van der Waals surface area contributed by atoms with Crippen molar-refractivity contribution >= 4 is 35.4 Å². The molecule has 5 atom stereocenters. The number of urea groups is 1. The average molecular weight is 671 g/mol. The number of rotatable bonds is 12. The van der Waals surface area contributed by atoms with Gasteiger partial charge in [-0.1, -0.05) is 85.8 Å². The summed E-state index contributed by atoms with van der Waals surface area (Å²) in [6.45, 7) is 1.96.